The van der Waals surface area contributed by atoms with E-state index in [0.29, 0.717) is 13.2 Å². The molecule has 1 fully saturated rings. The first kappa shape index (κ1) is 14.2. The monoisotopic (exact) mass is 283 g/mol. The number of hydrogen-bond acceptors (Lipinski definition) is 6. The number of carbonyl (C=O) groups excluding carboxylic acids is 1. The number of aryl methyl sites for hydroxylation is 1. The molecule has 1 aromatic rings. The molecule has 0 radical (unpaired) electrons. The Hall–Kier alpha value is -1.17. The van der Waals surface area contributed by atoms with E-state index in [1.165, 1.54) is 0 Å². The van der Waals surface area contributed by atoms with Gasteiger partial charge in [0, 0.05) is 19.5 Å². The molecule has 1 saturated heterocycles. The largest absolute Gasteiger partial charge is 0.466 e. The van der Waals surface area contributed by atoms with Crippen LogP contribution in [-0.2, 0) is 16.0 Å². The van der Waals surface area contributed by atoms with Crippen molar-refractivity contribution < 1.29 is 9.53 Å². The van der Waals surface area contributed by atoms with Crippen LogP contribution in [0.3, 0.4) is 0 Å². The Labute approximate surface area is 118 Å². The Morgan fingerprint density at radius 3 is 3.05 bits per heavy atom. The summed E-state index contributed by atoms with van der Waals surface area (Å²) in [5, 5.41) is 10.5. The van der Waals surface area contributed by atoms with Crippen LogP contribution < -0.4 is 4.90 Å². The number of anilines is 1. The first-order valence-corrected chi connectivity index (χ1v) is 7.80. The maximum atomic E-state index is 11.8. The van der Waals surface area contributed by atoms with Gasteiger partial charge in [0.2, 0.25) is 5.13 Å². The fourth-order valence-electron chi connectivity index (χ4n) is 2.29. The zero-order valence-electron chi connectivity index (χ0n) is 11.6. The first-order chi connectivity index (χ1) is 9.24. The van der Waals surface area contributed by atoms with E-state index >= 15 is 0 Å². The Balaban J connectivity index is 1.97. The molecule has 0 amide bonds. The average Bonchev–Trinajstić information content (AvgIpc) is 2.88. The summed E-state index contributed by atoms with van der Waals surface area (Å²) in [6, 6.07) is 0. The third-order valence-corrected chi connectivity index (χ3v) is 4.28. The van der Waals surface area contributed by atoms with Gasteiger partial charge in [-0.05, 0) is 26.2 Å². The first-order valence-electron chi connectivity index (χ1n) is 6.98. The molecular formula is C13H21N3O2S. The standard InChI is InChI=1S/C13H21N3O2S/c1-3-6-11-14-15-13(19-11)16-8-5-7-10(9-16)12(17)18-4-2/h10H,3-9H2,1-2H3/t10-/m0/s1. The van der Waals surface area contributed by atoms with Crippen LogP contribution in [0.1, 0.15) is 38.1 Å². The van der Waals surface area contributed by atoms with Crippen molar-refractivity contribution in [3.8, 4) is 0 Å². The summed E-state index contributed by atoms with van der Waals surface area (Å²) in [6.45, 7) is 6.10. The minimum absolute atomic E-state index is 0.0211. The van der Waals surface area contributed by atoms with Crippen LogP contribution in [0, 0.1) is 5.92 Å². The van der Waals surface area contributed by atoms with E-state index in [1.54, 1.807) is 11.3 Å². The van der Waals surface area contributed by atoms with Gasteiger partial charge < -0.3 is 9.64 Å². The van der Waals surface area contributed by atoms with E-state index in [-0.39, 0.29) is 11.9 Å². The smallest absolute Gasteiger partial charge is 0.310 e. The lowest BCUT2D eigenvalue weighted by Gasteiger charge is -2.30. The number of hydrogen-bond donors (Lipinski definition) is 0. The van der Waals surface area contributed by atoms with Crippen LogP contribution in [0.2, 0.25) is 0 Å². The van der Waals surface area contributed by atoms with Crippen LogP contribution in [0.5, 0.6) is 0 Å². The van der Waals surface area contributed by atoms with Gasteiger partial charge in [0.05, 0.1) is 12.5 Å². The molecule has 19 heavy (non-hydrogen) atoms. The summed E-state index contributed by atoms with van der Waals surface area (Å²) in [7, 11) is 0. The number of rotatable bonds is 5. The molecule has 0 bridgehead atoms. The maximum Gasteiger partial charge on any atom is 0.310 e. The average molecular weight is 283 g/mol. The van der Waals surface area contributed by atoms with E-state index in [4.69, 9.17) is 4.74 Å². The third kappa shape index (κ3) is 3.65. The van der Waals surface area contributed by atoms with Crippen LogP contribution in [0.15, 0.2) is 0 Å². The quantitative estimate of drug-likeness (QED) is 0.776. The van der Waals surface area contributed by atoms with E-state index in [0.717, 1.165) is 42.4 Å². The summed E-state index contributed by atoms with van der Waals surface area (Å²) in [6.07, 6.45) is 3.98. The molecule has 0 aromatic carbocycles. The lowest BCUT2D eigenvalue weighted by Crippen LogP contribution is -2.39. The molecule has 6 heteroatoms. The van der Waals surface area contributed by atoms with Crippen molar-refractivity contribution in [2.45, 2.75) is 39.5 Å². The molecule has 106 valence electrons. The summed E-state index contributed by atoms with van der Waals surface area (Å²) >= 11 is 1.64. The van der Waals surface area contributed by atoms with Crippen LogP contribution in [-0.4, -0.2) is 35.9 Å². The van der Waals surface area contributed by atoms with Gasteiger partial charge in [-0.1, -0.05) is 18.3 Å². The number of carbonyl (C=O) groups is 1. The van der Waals surface area contributed by atoms with Gasteiger partial charge in [-0.25, -0.2) is 0 Å². The molecule has 0 unspecified atom stereocenters. The molecular weight excluding hydrogens is 262 g/mol. The topological polar surface area (TPSA) is 55.3 Å². The molecule has 1 aliphatic rings. The molecule has 0 saturated carbocycles. The van der Waals surface area contributed by atoms with E-state index < -0.39 is 0 Å². The highest BCUT2D eigenvalue weighted by molar-refractivity contribution is 7.15. The fourth-order valence-corrected chi connectivity index (χ4v) is 3.27. The van der Waals surface area contributed by atoms with Crippen LogP contribution >= 0.6 is 11.3 Å². The summed E-state index contributed by atoms with van der Waals surface area (Å²) in [5.41, 5.74) is 0. The van der Waals surface area contributed by atoms with Crippen molar-refractivity contribution in [3.63, 3.8) is 0 Å². The van der Waals surface area contributed by atoms with E-state index in [1.807, 2.05) is 6.92 Å². The highest BCUT2D eigenvalue weighted by atomic mass is 32.1. The number of esters is 1. The second-order valence-corrected chi connectivity index (χ2v) is 5.81. The van der Waals surface area contributed by atoms with Gasteiger partial charge in [-0.2, -0.15) is 0 Å². The molecule has 0 spiro atoms. The van der Waals surface area contributed by atoms with Crippen molar-refractivity contribution in [2.75, 3.05) is 24.6 Å². The number of piperidine rings is 1. The second-order valence-electron chi connectivity index (χ2n) is 4.77. The highest BCUT2D eigenvalue weighted by Crippen LogP contribution is 2.27. The van der Waals surface area contributed by atoms with Gasteiger partial charge in [-0.15, -0.1) is 10.2 Å². The normalized spacial score (nSPS) is 19.5. The van der Waals surface area contributed by atoms with E-state index in [2.05, 4.69) is 22.0 Å². The SMILES string of the molecule is CCCc1nnc(N2CCC[C@H](C(=O)OCC)C2)s1. The molecule has 1 atom stereocenters. The fraction of sp³-hybridized carbons (Fsp3) is 0.769. The Morgan fingerprint density at radius 1 is 1.47 bits per heavy atom. The lowest BCUT2D eigenvalue weighted by atomic mass is 9.99. The third-order valence-electron chi connectivity index (χ3n) is 3.23. The molecule has 2 rings (SSSR count). The van der Waals surface area contributed by atoms with Gasteiger partial charge in [-0.3, -0.25) is 4.79 Å². The Bertz CT molecular complexity index is 422. The number of ether oxygens (including phenoxy) is 1. The van der Waals surface area contributed by atoms with Crippen molar-refractivity contribution in [1.82, 2.24) is 10.2 Å². The molecule has 0 N–H and O–H groups in total. The van der Waals surface area contributed by atoms with Crippen LogP contribution in [0.4, 0.5) is 5.13 Å². The second kappa shape index (κ2) is 6.84. The van der Waals surface area contributed by atoms with Crippen LogP contribution in [0.25, 0.3) is 0 Å². The van der Waals surface area contributed by atoms with Gasteiger partial charge >= 0.3 is 5.97 Å². The number of nitrogens with zero attached hydrogens (tertiary/aromatic N) is 3. The molecule has 2 heterocycles. The molecule has 5 nitrogen and oxygen atoms in total. The van der Waals surface area contributed by atoms with Crippen molar-refractivity contribution in [2.24, 2.45) is 5.92 Å². The van der Waals surface area contributed by atoms with E-state index in [9.17, 15) is 4.79 Å². The Kier molecular flexibility index (Phi) is 5.13. The van der Waals surface area contributed by atoms with Gasteiger partial charge in [0.1, 0.15) is 5.01 Å². The number of aromatic nitrogens is 2. The van der Waals surface area contributed by atoms with Gasteiger partial charge in [0.25, 0.3) is 0 Å². The predicted octanol–water partition coefficient (Wildman–Crippen LogP) is 2.27. The lowest BCUT2D eigenvalue weighted by molar-refractivity contribution is -0.148. The van der Waals surface area contributed by atoms with Crippen molar-refractivity contribution in [3.05, 3.63) is 5.01 Å². The minimum atomic E-state index is -0.0782. The molecule has 1 aliphatic heterocycles. The zero-order valence-corrected chi connectivity index (χ0v) is 12.4. The summed E-state index contributed by atoms with van der Waals surface area (Å²) < 4.78 is 5.11. The summed E-state index contributed by atoms with van der Waals surface area (Å²) in [4.78, 5) is 14.0. The maximum absolute atomic E-state index is 11.8. The molecule has 0 aliphatic carbocycles. The van der Waals surface area contributed by atoms with Crippen molar-refractivity contribution in [1.29, 1.82) is 0 Å². The highest BCUT2D eigenvalue weighted by Gasteiger charge is 2.28. The Morgan fingerprint density at radius 2 is 2.32 bits per heavy atom. The van der Waals surface area contributed by atoms with Crippen molar-refractivity contribution >= 4 is 22.4 Å². The zero-order chi connectivity index (χ0) is 13.7. The van der Waals surface area contributed by atoms with Gasteiger partial charge in [0.15, 0.2) is 0 Å². The summed E-state index contributed by atoms with van der Waals surface area (Å²) in [5.74, 6) is -0.0993. The predicted molar refractivity (Wildman–Crippen MR) is 75.5 cm³/mol. The minimum Gasteiger partial charge on any atom is -0.466 e. The molecule has 1 aromatic heterocycles.